The minimum absolute atomic E-state index is 0.0421. The number of aromatic amines is 1. The fourth-order valence-corrected chi connectivity index (χ4v) is 2.87. The van der Waals surface area contributed by atoms with E-state index in [1.165, 1.54) is 17.3 Å². The second kappa shape index (κ2) is 7.68. The Morgan fingerprint density at radius 1 is 1.30 bits per heavy atom. The molecule has 0 radical (unpaired) electrons. The lowest BCUT2D eigenvalue weighted by molar-refractivity contribution is -0.120. The van der Waals surface area contributed by atoms with Gasteiger partial charge in [0.15, 0.2) is 5.16 Å². The number of nitrogens with one attached hydrogen (secondary N) is 2. The molecule has 4 nitrogen and oxygen atoms in total. The quantitative estimate of drug-likeness (QED) is 0.761. The fraction of sp³-hybridized carbons (Fsp3) is 0.444. The molecular formula is C18H25N3OS. The summed E-state index contributed by atoms with van der Waals surface area (Å²) in [4.78, 5) is 19.9. The van der Waals surface area contributed by atoms with E-state index in [1.54, 1.807) is 0 Å². The average Bonchev–Trinajstić information content (AvgIpc) is 2.86. The fourth-order valence-electron chi connectivity index (χ4n) is 2.13. The Hall–Kier alpha value is -1.75. The van der Waals surface area contributed by atoms with Crippen molar-refractivity contribution in [2.24, 2.45) is 0 Å². The molecule has 2 aromatic rings. The van der Waals surface area contributed by atoms with Crippen molar-refractivity contribution in [3.8, 4) is 0 Å². The van der Waals surface area contributed by atoms with Crippen LogP contribution in [0.3, 0.4) is 0 Å². The van der Waals surface area contributed by atoms with Gasteiger partial charge in [-0.05, 0) is 32.8 Å². The molecule has 0 aliphatic carbocycles. The van der Waals surface area contributed by atoms with Crippen molar-refractivity contribution < 1.29 is 4.79 Å². The predicted octanol–water partition coefficient (Wildman–Crippen LogP) is 3.71. The molecule has 0 fully saturated rings. The van der Waals surface area contributed by atoms with E-state index in [0.717, 1.165) is 29.4 Å². The van der Waals surface area contributed by atoms with E-state index in [0.29, 0.717) is 5.75 Å². The number of amides is 1. The number of hydrogen-bond acceptors (Lipinski definition) is 3. The van der Waals surface area contributed by atoms with Crippen molar-refractivity contribution in [3.05, 3.63) is 47.3 Å². The summed E-state index contributed by atoms with van der Waals surface area (Å²) < 4.78 is 0. The molecule has 1 heterocycles. The highest BCUT2D eigenvalue weighted by Gasteiger charge is 2.18. The summed E-state index contributed by atoms with van der Waals surface area (Å²) in [7, 11) is 0. The molecule has 0 unspecified atom stereocenters. The summed E-state index contributed by atoms with van der Waals surface area (Å²) in [5.74, 6) is 0.418. The first-order valence-corrected chi connectivity index (χ1v) is 8.91. The lowest BCUT2D eigenvalue weighted by Gasteiger charge is -2.24. The number of imidazole rings is 1. The van der Waals surface area contributed by atoms with Crippen LogP contribution < -0.4 is 5.32 Å². The minimum Gasteiger partial charge on any atom is -0.351 e. The lowest BCUT2D eigenvalue weighted by atomic mass is 10.0. The van der Waals surface area contributed by atoms with Gasteiger partial charge >= 0.3 is 0 Å². The second-order valence-electron chi connectivity index (χ2n) is 6.35. The van der Waals surface area contributed by atoms with Gasteiger partial charge in [-0.3, -0.25) is 4.79 Å². The number of carbonyl (C=O) groups is 1. The molecule has 1 aromatic carbocycles. The summed E-state index contributed by atoms with van der Waals surface area (Å²) >= 11 is 1.45. The van der Waals surface area contributed by atoms with Gasteiger partial charge in [-0.25, -0.2) is 4.98 Å². The zero-order chi connectivity index (χ0) is 16.9. The van der Waals surface area contributed by atoms with E-state index in [-0.39, 0.29) is 11.4 Å². The molecule has 2 N–H and O–H groups in total. The summed E-state index contributed by atoms with van der Waals surface area (Å²) in [6.07, 6.45) is 1.71. The Labute approximate surface area is 142 Å². The SMILES string of the molecule is CCC(C)(C)NC(=O)CSc1nc(Cc2ccccc2)c(C)[nH]1. The first-order chi connectivity index (χ1) is 10.9. The topological polar surface area (TPSA) is 57.8 Å². The number of benzene rings is 1. The van der Waals surface area contributed by atoms with Crippen molar-refractivity contribution in [3.63, 3.8) is 0 Å². The highest BCUT2D eigenvalue weighted by Crippen LogP contribution is 2.19. The number of thioether (sulfide) groups is 1. The summed E-state index contributed by atoms with van der Waals surface area (Å²) in [6, 6.07) is 10.3. The van der Waals surface area contributed by atoms with Crippen molar-refractivity contribution >= 4 is 17.7 Å². The van der Waals surface area contributed by atoms with Crippen LogP contribution in [0.15, 0.2) is 35.5 Å². The standard InChI is InChI=1S/C18H25N3OS/c1-5-18(3,4)21-16(22)12-23-17-19-13(2)15(20-17)11-14-9-7-6-8-10-14/h6-10H,5,11-12H2,1-4H3,(H,19,20)(H,21,22). The zero-order valence-electron chi connectivity index (χ0n) is 14.3. The van der Waals surface area contributed by atoms with Crippen LogP contribution >= 0.6 is 11.8 Å². The highest BCUT2D eigenvalue weighted by molar-refractivity contribution is 7.99. The number of nitrogens with zero attached hydrogens (tertiary/aromatic N) is 1. The molecule has 2 rings (SSSR count). The van der Waals surface area contributed by atoms with Crippen molar-refractivity contribution in [1.82, 2.24) is 15.3 Å². The third kappa shape index (κ3) is 5.43. The molecule has 1 amide bonds. The van der Waals surface area contributed by atoms with Crippen LogP contribution in [0.2, 0.25) is 0 Å². The van der Waals surface area contributed by atoms with Gasteiger partial charge in [0.05, 0.1) is 11.4 Å². The highest BCUT2D eigenvalue weighted by atomic mass is 32.2. The first-order valence-electron chi connectivity index (χ1n) is 7.93. The van der Waals surface area contributed by atoms with Gasteiger partial charge in [0.1, 0.15) is 0 Å². The Morgan fingerprint density at radius 2 is 2.00 bits per heavy atom. The van der Waals surface area contributed by atoms with E-state index in [1.807, 2.05) is 39.0 Å². The van der Waals surface area contributed by atoms with Crippen LogP contribution in [0.5, 0.6) is 0 Å². The largest absolute Gasteiger partial charge is 0.351 e. The van der Waals surface area contributed by atoms with Gasteiger partial charge in [0, 0.05) is 17.7 Å². The molecule has 1 aromatic heterocycles. The number of aromatic nitrogens is 2. The van der Waals surface area contributed by atoms with Crippen LogP contribution in [0.25, 0.3) is 0 Å². The Bertz CT molecular complexity index is 650. The molecule has 0 saturated carbocycles. The van der Waals surface area contributed by atoms with Crippen LogP contribution in [-0.4, -0.2) is 27.2 Å². The number of H-pyrrole nitrogens is 1. The van der Waals surface area contributed by atoms with Gasteiger partial charge in [-0.1, -0.05) is 49.0 Å². The van der Waals surface area contributed by atoms with E-state index in [4.69, 9.17) is 0 Å². The molecule has 5 heteroatoms. The smallest absolute Gasteiger partial charge is 0.230 e. The third-order valence-corrected chi connectivity index (χ3v) is 4.75. The molecule has 0 spiro atoms. The first kappa shape index (κ1) is 17.6. The second-order valence-corrected chi connectivity index (χ2v) is 7.31. The molecule has 23 heavy (non-hydrogen) atoms. The van der Waals surface area contributed by atoms with Gasteiger partial charge in [0.25, 0.3) is 0 Å². The maximum atomic E-state index is 12.0. The van der Waals surface area contributed by atoms with E-state index in [9.17, 15) is 4.79 Å². The molecule has 0 aliphatic rings. The van der Waals surface area contributed by atoms with Crippen LogP contribution in [0.4, 0.5) is 0 Å². The van der Waals surface area contributed by atoms with E-state index >= 15 is 0 Å². The molecule has 0 saturated heterocycles. The van der Waals surface area contributed by atoms with Gasteiger partial charge in [0.2, 0.25) is 5.91 Å². The van der Waals surface area contributed by atoms with Gasteiger partial charge < -0.3 is 10.3 Å². The monoisotopic (exact) mass is 331 g/mol. The Kier molecular flexibility index (Phi) is 5.88. The average molecular weight is 331 g/mol. The van der Waals surface area contributed by atoms with Crippen LogP contribution in [-0.2, 0) is 11.2 Å². The van der Waals surface area contributed by atoms with Crippen molar-refractivity contribution in [2.75, 3.05) is 5.75 Å². The Morgan fingerprint density at radius 3 is 2.65 bits per heavy atom. The number of hydrogen-bond donors (Lipinski definition) is 2. The molecular weight excluding hydrogens is 306 g/mol. The maximum absolute atomic E-state index is 12.0. The molecule has 0 bridgehead atoms. The number of carbonyl (C=O) groups excluding carboxylic acids is 1. The molecule has 0 aliphatic heterocycles. The zero-order valence-corrected chi connectivity index (χ0v) is 15.1. The van der Waals surface area contributed by atoms with E-state index < -0.39 is 0 Å². The minimum atomic E-state index is -0.158. The Balaban J connectivity index is 1.92. The predicted molar refractivity (Wildman–Crippen MR) is 95.8 cm³/mol. The van der Waals surface area contributed by atoms with Crippen LogP contribution in [0, 0.1) is 6.92 Å². The normalized spacial score (nSPS) is 11.5. The number of aryl methyl sites for hydroxylation is 1. The molecule has 124 valence electrons. The molecule has 0 atom stereocenters. The van der Waals surface area contributed by atoms with E-state index in [2.05, 4.69) is 34.3 Å². The lowest BCUT2D eigenvalue weighted by Crippen LogP contribution is -2.43. The van der Waals surface area contributed by atoms with Crippen molar-refractivity contribution in [1.29, 1.82) is 0 Å². The van der Waals surface area contributed by atoms with Crippen LogP contribution in [0.1, 0.15) is 44.1 Å². The van der Waals surface area contributed by atoms with Gasteiger partial charge in [-0.15, -0.1) is 0 Å². The summed E-state index contributed by atoms with van der Waals surface area (Å²) in [5.41, 5.74) is 3.18. The summed E-state index contributed by atoms with van der Waals surface area (Å²) in [6.45, 7) is 8.16. The third-order valence-electron chi connectivity index (χ3n) is 3.88. The van der Waals surface area contributed by atoms with Crippen molar-refractivity contribution in [2.45, 2.75) is 51.2 Å². The summed E-state index contributed by atoms with van der Waals surface area (Å²) in [5, 5.41) is 3.84. The van der Waals surface area contributed by atoms with Gasteiger partial charge in [-0.2, -0.15) is 0 Å². The number of rotatable bonds is 7. The maximum Gasteiger partial charge on any atom is 0.230 e.